The first kappa shape index (κ1) is 27.1. The number of nitrogens with zero attached hydrogens (tertiary/aromatic N) is 1. The number of benzene rings is 4. The zero-order chi connectivity index (χ0) is 29.6. The van der Waals surface area contributed by atoms with Crippen LogP contribution in [0.3, 0.4) is 0 Å². The first-order valence-electron chi connectivity index (χ1n) is 15.2. The molecule has 0 aliphatic carbocycles. The lowest BCUT2D eigenvalue weighted by molar-refractivity contribution is -0.122. The zero-order valence-corrected chi connectivity index (χ0v) is 24.2. The number of fused-ring (bicyclic) bond motifs is 6. The molecule has 4 aromatic rings. The summed E-state index contributed by atoms with van der Waals surface area (Å²) in [6.07, 6.45) is 8.27. The van der Waals surface area contributed by atoms with Crippen LogP contribution in [0.4, 0.5) is 5.69 Å². The Morgan fingerprint density at radius 1 is 0.791 bits per heavy atom. The molecule has 1 N–H and O–H groups in total. The number of hydrogen-bond donors (Lipinski definition) is 1. The fourth-order valence-corrected chi connectivity index (χ4v) is 7.54. The number of nitrogens with one attached hydrogen (secondary N) is 1. The lowest BCUT2D eigenvalue weighted by Gasteiger charge is -2.38. The number of para-hydroxylation sites is 1. The average molecular weight is 567 g/mol. The molecule has 1 saturated heterocycles. The maximum Gasteiger partial charge on any atom is 0.238 e. The van der Waals surface area contributed by atoms with Crippen LogP contribution in [0.1, 0.15) is 75.2 Å². The molecule has 4 atom stereocenters. The number of aryl methyl sites for hydroxylation is 1. The SMILES string of the molecule is CCCCCc1ccc(C(=O)[C@@H]2[C@H](C(=O)c3ccccc3)N3C=Cc4ccccc4[C@H]3[C@@]23C(=O)Nc2ccccc23)cc1. The van der Waals surface area contributed by atoms with Gasteiger partial charge in [0.1, 0.15) is 11.5 Å². The van der Waals surface area contributed by atoms with Crippen molar-refractivity contribution >= 4 is 29.2 Å². The first-order chi connectivity index (χ1) is 21.1. The van der Waals surface area contributed by atoms with Crippen molar-refractivity contribution < 1.29 is 14.4 Å². The predicted molar refractivity (Wildman–Crippen MR) is 169 cm³/mol. The molecule has 214 valence electrons. The van der Waals surface area contributed by atoms with E-state index in [1.54, 1.807) is 12.1 Å². The zero-order valence-electron chi connectivity index (χ0n) is 24.2. The largest absolute Gasteiger partial charge is 0.358 e. The Hall–Kier alpha value is -4.77. The topological polar surface area (TPSA) is 66.5 Å². The van der Waals surface area contributed by atoms with Crippen LogP contribution in [0.15, 0.2) is 109 Å². The molecule has 7 rings (SSSR count). The standard InChI is InChI=1S/C38H34N2O3/c1-2-3-5-12-25-19-21-28(22-20-25)34(41)32-33(35(42)27-14-6-4-7-15-27)40-24-23-26-13-8-9-16-29(26)36(40)38(32)30-17-10-11-18-31(30)39-37(38)43/h4,6-11,13-24,32-33,36H,2-3,5,12H2,1H3,(H,39,43)/t32-,33+,36-,38-/m0/s1. The molecule has 0 aromatic heterocycles. The lowest BCUT2D eigenvalue weighted by Crippen LogP contribution is -2.49. The van der Waals surface area contributed by atoms with E-state index in [2.05, 4.69) is 12.2 Å². The summed E-state index contributed by atoms with van der Waals surface area (Å²) in [5, 5.41) is 3.11. The summed E-state index contributed by atoms with van der Waals surface area (Å²) in [6, 6.07) is 31.1. The van der Waals surface area contributed by atoms with Gasteiger partial charge in [0.2, 0.25) is 5.91 Å². The minimum absolute atomic E-state index is 0.168. The maximum atomic E-state index is 15.0. The Kier molecular flexibility index (Phi) is 6.81. The third-order valence-corrected chi connectivity index (χ3v) is 9.49. The maximum absolute atomic E-state index is 15.0. The second-order valence-electron chi connectivity index (χ2n) is 11.8. The lowest BCUT2D eigenvalue weighted by atomic mass is 9.62. The van der Waals surface area contributed by atoms with Gasteiger partial charge in [-0.2, -0.15) is 0 Å². The molecule has 5 nitrogen and oxygen atoms in total. The predicted octanol–water partition coefficient (Wildman–Crippen LogP) is 7.40. The molecular weight excluding hydrogens is 532 g/mol. The highest BCUT2D eigenvalue weighted by Gasteiger charge is 2.70. The van der Waals surface area contributed by atoms with E-state index in [0.717, 1.165) is 42.4 Å². The number of Topliss-reactive ketones (excluding diaryl/α,β-unsaturated/α-hetero) is 2. The number of amides is 1. The van der Waals surface area contributed by atoms with E-state index in [4.69, 9.17) is 0 Å². The van der Waals surface area contributed by atoms with Gasteiger partial charge in [0.25, 0.3) is 0 Å². The van der Waals surface area contributed by atoms with Crippen LogP contribution in [0.2, 0.25) is 0 Å². The van der Waals surface area contributed by atoms with Gasteiger partial charge < -0.3 is 10.2 Å². The van der Waals surface area contributed by atoms with Gasteiger partial charge in [-0.25, -0.2) is 0 Å². The Morgan fingerprint density at radius 3 is 2.28 bits per heavy atom. The molecule has 0 unspecified atom stereocenters. The van der Waals surface area contributed by atoms with Crippen LogP contribution >= 0.6 is 0 Å². The molecule has 3 aliphatic heterocycles. The van der Waals surface area contributed by atoms with Gasteiger partial charge >= 0.3 is 0 Å². The number of rotatable bonds is 8. The molecule has 1 amide bonds. The van der Waals surface area contributed by atoms with Crippen LogP contribution in [-0.2, 0) is 16.6 Å². The van der Waals surface area contributed by atoms with Gasteiger partial charge in [0.05, 0.1) is 12.0 Å². The van der Waals surface area contributed by atoms with Crippen LogP contribution in [0, 0.1) is 5.92 Å². The summed E-state index contributed by atoms with van der Waals surface area (Å²) in [7, 11) is 0. The van der Waals surface area contributed by atoms with Crippen molar-refractivity contribution in [3.63, 3.8) is 0 Å². The summed E-state index contributed by atoms with van der Waals surface area (Å²) in [5.74, 6) is -1.57. The smallest absolute Gasteiger partial charge is 0.238 e. The molecule has 0 radical (unpaired) electrons. The van der Waals surface area contributed by atoms with Crippen molar-refractivity contribution in [3.8, 4) is 0 Å². The molecule has 1 spiro atoms. The fraction of sp³-hybridized carbons (Fsp3) is 0.237. The highest BCUT2D eigenvalue weighted by atomic mass is 16.2. The number of anilines is 1. The number of carbonyl (C=O) groups is 3. The summed E-state index contributed by atoms with van der Waals surface area (Å²) >= 11 is 0. The van der Waals surface area contributed by atoms with Crippen molar-refractivity contribution in [2.24, 2.45) is 5.92 Å². The van der Waals surface area contributed by atoms with Crippen LogP contribution < -0.4 is 5.32 Å². The van der Waals surface area contributed by atoms with Gasteiger partial charge in [-0.15, -0.1) is 0 Å². The Labute approximate surface area is 252 Å². The molecule has 1 fully saturated rings. The van der Waals surface area contributed by atoms with Gasteiger partial charge in [0.15, 0.2) is 11.6 Å². The van der Waals surface area contributed by atoms with Crippen LogP contribution in [0.5, 0.6) is 0 Å². The third kappa shape index (κ3) is 4.17. The van der Waals surface area contributed by atoms with Crippen LogP contribution in [0.25, 0.3) is 6.08 Å². The summed E-state index contributed by atoms with van der Waals surface area (Å²) in [5.41, 5.74) is 4.27. The van der Waals surface area contributed by atoms with Crippen molar-refractivity contribution in [3.05, 3.63) is 143 Å². The number of ketones is 2. The number of carbonyl (C=O) groups excluding carboxylic acids is 3. The van der Waals surface area contributed by atoms with E-state index in [1.807, 2.05) is 108 Å². The normalized spacial score (nSPS) is 23.0. The molecule has 5 heteroatoms. The van der Waals surface area contributed by atoms with E-state index in [0.29, 0.717) is 16.8 Å². The molecule has 3 aliphatic rings. The summed E-state index contributed by atoms with van der Waals surface area (Å²) < 4.78 is 0. The third-order valence-electron chi connectivity index (χ3n) is 9.49. The van der Waals surface area contributed by atoms with E-state index in [1.165, 1.54) is 5.56 Å². The Morgan fingerprint density at radius 2 is 1.49 bits per heavy atom. The second kappa shape index (κ2) is 10.8. The minimum atomic E-state index is -1.32. The van der Waals surface area contributed by atoms with Gasteiger partial charge in [-0.05, 0) is 47.2 Å². The highest BCUT2D eigenvalue weighted by Crippen LogP contribution is 2.62. The summed E-state index contributed by atoms with van der Waals surface area (Å²) in [6.45, 7) is 2.19. The monoisotopic (exact) mass is 566 g/mol. The second-order valence-corrected chi connectivity index (χ2v) is 11.8. The summed E-state index contributed by atoms with van der Waals surface area (Å²) in [4.78, 5) is 46.0. The van der Waals surface area contributed by atoms with Gasteiger partial charge in [-0.1, -0.05) is 117 Å². The minimum Gasteiger partial charge on any atom is -0.358 e. The molecule has 43 heavy (non-hydrogen) atoms. The van der Waals surface area contributed by atoms with Crippen molar-refractivity contribution in [2.75, 3.05) is 5.32 Å². The van der Waals surface area contributed by atoms with Gasteiger partial charge in [0, 0.05) is 23.0 Å². The quantitative estimate of drug-likeness (QED) is 0.178. The van der Waals surface area contributed by atoms with Gasteiger partial charge in [-0.3, -0.25) is 14.4 Å². The molecule has 0 bridgehead atoms. The Bertz CT molecular complexity index is 1740. The highest BCUT2D eigenvalue weighted by molar-refractivity contribution is 6.16. The molecule has 4 aromatic carbocycles. The van der Waals surface area contributed by atoms with Crippen molar-refractivity contribution in [1.29, 1.82) is 0 Å². The molecule has 3 heterocycles. The number of unbranched alkanes of at least 4 members (excludes halogenated alkanes) is 2. The van der Waals surface area contributed by atoms with E-state index < -0.39 is 23.4 Å². The fourth-order valence-electron chi connectivity index (χ4n) is 7.54. The molecular formula is C38H34N2O3. The number of hydrogen-bond acceptors (Lipinski definition) is 4. The Balaban J connectivity index is 1.44. The van der Waals surface area contributed by atoms with Crippen molar-refractivity contribution in [1.82, 2.24) is 4.90 Å². The van der Waals surface area contributed by atoms with Crippen LogP contribution in [-0.4, -0.2) is 28.4 Å². The molecule has 0 saturated carbocycles. The van der Waals surface area contributed by atoms with Crippen molar-refractivity contribution in [2.45, 2.75) is 50.1 Å². The van der Waals surface area contributed by atoms with E-state index in [-0.39, 0.29) is 17.5 Å². The first-order valence-corrected chi connectivity index (χ1v) is 15.2. The average Bonchev–Trinajstić information content (AvgIpc) is 3.53. The van der Waals surface area contributed by atoms with E-state index >= 15 is 0 Å². The van der Waals surface area contributed by atoms with E-state index in [9.17, 15) is 14.4 Å².